The van der Waals surface area contributed by atoms with Gasteiger partial charge in [0, 0.05) is 28.9 Å². The summed E-state index contributed by atoms with van der Waals surface area (Å²) in [6.45, 7) is 4.36. The summed E-state index contributed by atoms with van der Waals surface area (Å²) in [5.74, 6) is 0. The van der Waals surface area contributed by atoms with Crippen molar-refractivity contribution < 1.29 is 0 Å². The molecule has 1 aromatic heterocycles. The second-order valence-corrected chi connectivity index (χ2v) is 9.03. The van der Waals surface area contributed by atoms with Crippen molar-refractivity contribution in [2.75, 3.05) is 0 Å². The van der Waals surface area contributed by atoms with Gasteiger partial charge in [-0.25, -0.2) is 0 Å². The van der Waals surface area contributed by atoms with Gasteiger partial charge in [0.05, 0.1) is 5.41 Å². The van der Waals surface area contributed by atoms with E-state index in [9.17, 15) is 0 Å². The Kier molecular flexibility index (Phi) is 4.41. The van der Waals surface area contributed by atoms with Crippen LogP contribution in [0, 0.1) is 0 Å². The first-order chi connectivity index (χ1) is 16.2. The summed E-state index contributed by atoms with van der Waals surface area (Å²) >= 11 is 0. The Morgan fingerprint density at radius 2 is 1.45 bits per heavy atom. The van der Waals surface area contributed by atoms with Crippen molar-refractivity contribution in [3.05, 3.63) is 131 Å². The highest BCUT2D eigenvalue weighted by atomic mass is 14.9. The van der Waals surface area contributed by atoms with Gasteiger partial charge in [-0.05, 0) is 59.9 Å². The average molecular weight is 426 g/mol. The number of rotatable bonds is 3. The number of benzene rings is 4. The molecule has 160 valence electrons. The largest absolute Gasteiger partial charge is 0.344 e. The molecular formula is C32H27N. The minimum Gasteiger partial charge on any atom is -0.344 e. The SMILES string of the molecule is C/C=C\C=C(/C)C1(c2ccccc2)c2ccccc2-c2cc3c4ccccc4n(C)c3cc21. The van der Waals surface area contributed by atoms with Crippen LogP contribution < -0.4 is 0 Å². The first-order valence-corrected chi connectivity index (χ1v) is 11.6. The lowest BCUT2D eigenvalue weighted by Gasteiger charge is -2.34. The molecule has 5 aromatic rings. The fourth-order valence-electron chi connectivity index (χ4n) is 5.95. The Morgan fingerprint density at radius 1 is 0.727 bits per heavy atom. The van der Waals surface area contributed by atoms with E-state index in [0.29, 0.717) is 0 Å². The quantitative estimate of drug-likeness (QED) is 0.257. The van der Waals surface area contributed by atoms with E-state index < -0.39 is 0 Å². The summed E-state index contributed by atoms with van der Waals surface area (Å²) in [6.07, 6.45) is 6.55. The van der Waals surface area contributed by atoms with E-state index >= 15 is 0 Å². The molecule has 0 radical (unpaired) electrons. The molecule has 0 saturated carbocycles. The fraction of sp³-hybridized carbons (Fsp3) is 0.125. The maximum absolute atomic E-state index is 2.45. The van der Waals surface area contributed by atoms with Gasteiger partial charge in [0.2, 0.25) is 0 Å². The Bertz CT molecular complexity index is 1580. The summed E-state index contributed by atoms with van der Waals surface area (Å²) < 4.78 is 2.34. The molecule has 0 bridgehead atoms. The van der Waals surface area contributed by atoms with Crippen molar-refractivity contribution in [1.82, 2.24) is 4.57 Å². The number of fused-ring (bicyclic) bond motifs is 6. The van der Waals surface area contributed by atoms with E-state index in [4.69, 9.17) is 0 Å². The van der Waals surface area contributed by atoms with Crippen LogP contribution >= 0.6 is 0 Å². The third kappa shape index (κ3) is 2.60. The predicted octanol–water partition coefficient (Wildman–Crippen LogP) is 8.17. The highest BCUT2D eigenvalue weighted by Gasteiger charge is 2.46. The second-order valence-electron chi connectivity index (χ2n) is 9.03. The summed E-state index contributed by atoms with van der Waals surface area (Å²) in [4.78, 5) is 0. The van der Waals surface area contributed by atoms with Gasteiger partial charge < -0.3 is 4.57 Å². The third-order valence-corrected chi connectivity index (χ3v) is 7.42. The zero-order chi connectivity index (χ0) is 22.6. The van der Waals surface area contributed by atoms with E-state index in [1.165, 1.54) is 55.2 Å². The molecule has 1 nitrogen and oxygen atoms in total. The number of nitrogens with zero attached hydrogens (tertiary/aromatic N) is 1. The number of para-hydroxylation sites is 1. The minimum atomic E-state index is -0.322. The summed E-state index contributed by atoms with van der Waals surface area (Å²) in [6, 6.07) is 33.6. The van der Waals surface area contributed by atoms with Crippen LogP contribution in [0.4, 0.5) is 0 Å². The van der Waals surface area contributed by atoms with Crippen LogP contribution in [0.3, 0.4) is 0 Å². The molecule has 1 aliphatic carbocycles. The second kappa shape index (κ2) is 7.35. The fourth-order valence-corrected chi connectivity index (χ4v) is 5.95. The van der Waals surface area contributed by atoms with E-state index in [2.05, 4.69) is 135 Å². The number of hydrogen-bond donors (Lipinski definition) is 0. The van der Waals surface area contributed by atoms with E-state index in [1.54, 1.807) is 0 Å². The minimum absolute atomic E-state index is 0.322. The Labute approximate surface area is 195 Å². The van der Waals surface area contributed by atoms with Crippen LogP contribution in [-0.2, 0) is 12.5 Å². The molecule has 4 aromatic carbocycles. The van der Waals surface area contributed by atoms with E-state index in [-0.39, 0.29) is 5.41 Å². The summed E-state index contributed by atoms with van der Waals surface area (Å²) in [7, 11) is 2.19. The predicted molar refractivity (Wildman–Crippen MR) is 141 cm³/mol. The summed E-state index contributed by atoms with van der Waals surface area (Å²) in [5.41, 5.74) is 10.3. The van der Waals surface area contributed by atoms with Gasteiger partial charge in [0.25, 0.3) is 0 Å². The smallest absolute Gasteiger partial charge is 0.0674 e. The highest BCUT2D eigenvalue weighted by Crippen LogP contribution is 2.57. The van der Waals surface area contributed by atoms with Gasteiger partial charge in [0.15, 0.2) is 0 Å². The molecule has 0 fully saturated rings. The standard InChI is InChI=1S/C32H27N/c1-4-5-13-22(2)32(23-14-7-6-8-15-23)28-18-11-9-16-24(28)26-20-27-25-17-10-12-19-30(25)33(3)31(27)21-29(26)32/h4-21H,1-3H3/b5-4-,22-13+. The van der Waals surface area contributed by atoms with Crippen molar-refractivity contribution in [3.8, 4) is 11.1 Å². The van der Waals surface area contributed by atoms with Crippen molar-refractivity contribution >= 4 is 21.8 Å². The van der Waals surface area contributed by atoms with E-state index in [0.717, 1.165) is 0 Å². The zero-order valence-corrected chi connectivity index (χ0v) is 19.3. The molecule has 0 saturated heterocycles. The number of aryl methyl sites for hydroxylation is 1. The lowest BCUT2D eigenvalue weighted by Crippen LogP contribution is -2.28. The van der Waals surface area contributed by atoms with Crippen LogP contribution in [0.15, 0.2) is 115 Å². The normalized spacial score (nSPS) is 17.7. The lowest BCUT2D eigenvalue weighted by molar-refractivity contribution is 0.747. The van der Waals surface area contributed by atoms with Crippen molar-refractivity contribution in [2.45, 2.75) is 19.3 Å². The van der Waals surface area contributed by atoms with Crippen LogP contribution in [-0.4, -0.2) is 4.57 Å². The topological polar surface area (TPSA) is 4.93 Å². The molecular weight excluding hydrogens is 398 g/mol. The molecule has 0 N–H and O–H groups in total. The van der Waals surface area contributed by atoms with Gasteiger partial charge in [-0.3, -0.25) is 0 Å². The maximum Gasteiger partial charge on any atom is 0.0674 e. The molecule has 1 heteroatoms. The van der Waals surface area contributed by atoms with Crippen molar-refractivity contribution in [1.29, 1.82) is 0 Å². The molecule has 0 amide bonds. The van der Waals surface area contributed by atoms with E-state index in [1.807, 2.05) is 0 Å². The van der Waals surface area contributed by atoms with Crippen LogP contribution in [0.1, 0.15) is 30.5 Å². The molecule has 1 heterocycles. The molecule has 1 aliphatic rings. The summed E-state index contributed by atoms with van der Waals surface area (Å²) in [5, 5.41) is 2.63. The molecule has 1 unspecified atom stereocenters. The lowest BCUT2D eigenvalue weighted by atomic mass is 9.67. The molecule has 0 aliphatic heterocycles. The molecule has 6 rings (SSSR count). The van der Waals surface area contributed by atoms with Gasteiger partial charge in [0.1, 0.15) is 0 Å². The number of allylic oxidation sites excluding steroid dienone is 4. The maximum atomic E-state index is 2.45. The third-order valence-electron chi connectivity index (χ3n) is 7.42. The Hall–Kier alpha value is -3.84. The van der Waals surface area contributed by atoms with Gasteiger partial charge in [-0.1, -0.05) is 96.6 Å². The average Bonchev–Trinajstić information content (AvgIpc) is 3.32. The van der Waals surface area contributed by atoms with Gasteiger partial charge >= 0.3 is 0 Å². The number of aromatic nitrogens is 1. The van der Waals surface area contributed by atoms with Gasteiger partial charge in [-0.15, -0.1) is 0 Å². The van der Waals surface area contributed by atoms with Crippen molar-refractivity contribution in [2.24, 2.45) is 7.05 Å². The van der Waals surface area contributed by atoms with Crippen molar-refractivity contribution in [3.63, 3.8) is 0 Å². The molecule has 33 heavy (non-hydrogen) atoms. The number of hydrogen-bond acceptors (Lipinski definition) is 0. The Morgan fingerprint density at radius 3 is 2.27 bits per heavy atom. The molecule has 1 atom stereocenters. The Balaban J connectivity index is 1.82. The first kappa shape index (κ1) is 19.8. The van der Waals surface area contributed by atoms with Gasteiger partial charge in [-0.2, -0.15) is 0 Å². The molecule has 0 spiro atoms. The highest BCUT2D eigenvalue weighted by molar-refractivity contribution is 6.10. The zero-order valence-electron chi connectivity index (χ0n) is 19.3. The first-order valence-electron chi connectivity index (χ1n) is 11.6. The van der Waals surface area contributed by atoms with Crippen LogP contribution in [0.5, 0.6) is 0 Å². The monoisotopic (exact) mass is 425 g/mol. The van der Waals surface area contributed by atoms with Crippen LogP contribution in [0.25, 0.3) is 32.9 Å². The van der Waals surface area contributed by atoms with Crippen LogP contribution in [0.2, 0.25) is 0 Å².